The molecule has 0 heterocycles. The number of aliphatic imine (C=N–C) groups is 1. The van der Waals surface area contributed by atoms with Gasteiger partial charge in [-0.15, -0.1) is 0 Å². The summed E-state index contributed by atoms with van der Waals surface area (Å²) in [7, 11) is 0. The molecule has 0 fully saturated rings. The third kappa shape index (κ3) is 5.35. The van der Waals surface area contributed by atoms with E-state index in [0.717, 1.165) is 31.5 Å². The first-order chi connectivity index (χ1) is 5.60. The molecule has 0 aliphatic carbocycles. The minimum Gasteiger partial charge on any atom is -0.384 e. The van der Waals surface area contributed by atoms with E-state index in [1.807, 2.05) is 20.8 Å². The van der Waals surface area contributed by atoms with Crippen molar-refractivity contribution in [2.75, 3.05) is 6.54 Å². The summed E-state index contributed by atoms with van der Waals surface area (Å²) in [6.45, 7) is 8.76. The molecule has 3 heteroatoms. The van der Waals surface area contributed by atoms with Crippen molar-refractivity contribution in [2.24, 2.45) is 4.99 Å². The van der Waals surface area contributed by atoms with Crippen molar-refractivity contribution in [3.05, 3.63) is 0 Å². The smallest absolute Gasteiger partial charge is 0.102 e. The monoisotopic (exact) mass is 337 g/mol. The molecule has 13 heavy (non-hydrogen) atoms. The standard InChI is InChI=1S/C10H21NO.Er/c1-5-8-10(12,6-2)9(4)11-7-3;/h12H,5-8H2,1-4H3;. The van der Waals surface area contributed by atoms with Gasteiger partial charge in [0.15, 0.2) is 0 Å². The van der Waals surface area contributed by atoms with E-state index >= 15 is 0 Å². The maximum absolute atomic E-state index is 10.1. The van der Waals surface area contributed by atoms with Crippen LogP contribution in [0.2, 0.25) is 0 Å². The fourth-order valence-corrected chi connectivity index (χ4v) is 1.41. The van der Waals surface area contributed by atoms with Crippen LogP contribution in [-0.4, -0.2) is 23.0 Å². The minimum atomic E-state index is -0.648. The summed E-state index contributed by atoms with van der Waals surface area (Å²) in [5, 5.41) is 10.1. The molecule has 0 amide bonds. The van der Waals surface area contributed by atoms with Gasteiger partial charge in [0, 0.05) is 49.6 Å². The van der Waals surface area contributed by atoms with E-state index in [-0.39, 0.29) is 37.3 Å². The molecule has 0 saturated heterocycles. The van der Waals surface area contributed by atoms with Crippen molar-refractivity contribution in [2.45, 2.75) is 52.6 Å². The summed E-state index contributed by atoms with van der Waals surface area (Å²) < 4.78 is 0. The molecule has 0 bridgehead atoms. The molecule has 0 aromatic heterocycles. The maximum Gasteiger partial charge on any atom is 0.102 e. The predicted molar refractivity (Wildman–Crippen MR) is 53.8 cm³/mol. The first-order valence-electron chi connectivity index (χ1n) is 4.84. The van der Waals surface area contributed by atoms with Crippen molar-refractivity contribution >= 4 is 5.71 Å². The first kappa shape index (κ1) is 16.3. The molecule has 0 saturated carbocycles. The van der Waals surface area contributed by atoms with E-state index in [9.17, 15) is 5.11 Å². The van der Waals surface area contributed by atoms with Gasteiger partial charge in [0.1, 0.15) is 5.60 Å². The molecule has 2 nitrogen and oxygen atoms in total. The Kier molecular flexibility index (Phi) is 10.3. The molecular formula is C10H21ErNO. The van der Waals surface area contributed by atoms with Crippen LogP contribution in [0.1, 0.15) is 47.0 Å². The van der Waals surface area contributed by atoms with E-state index in [1.165, 1.54) is 0 Å². The minimum absolute atomic E-state index is 0. The zero-order chi connectivity index (χ0) is 9.61. The molecule has 0 aliphatic heterocycles. The van der Waals surface area contributed by atoms with Crippen LogP contribution >= 0.6 is 0 Å². The summed E-state index contributed by atoms with van der Waals surface area (Å²) in [5.41, 5.74) is 0.236. The molecular weight excluding hydrogens is 317 g/mol. The van der Waals surface area contributed by atoms with Crippen LogP contribution in [-0.2, 0) is 0 Å². The zero-order valence-corrected chi connectivity index (χ0v) is 10.9. The number of aliphatic hydroxyl groups is 1. The largest absolute Gasteiger partial charge is 0.384 e. The normalized spacial score (nSPS) is 16.2. The van der Waals surface area contributed by atoms with Crippen LogP contribution in [0.3, 0.4) is 0 Å². The molecule has 0 aromatic carbocycles. The molecule has 1 N–H and O–H groups in total. The molecule has 84 valence electrons. The number of rotatable bonds is 5. The third-order valence-electron chi connectivity index (χ3n) is 2.32. The Balaban J connectivity index is 0. The van der Waals surface area contributed by atoms with Crippen molar-refractivity contribution in [3.63, 3.8) is 0 Å². The first-order valence-corrected chi connectivity index (χ1v) is 4.84. The van der Waals surface area contributed by atoms with Crippen LogP contribution in [0.5, 0.6) is 0 Å². The Morgan fingerprint density at radius 2 is 1.85 bits per heavy atom. The average Bonchev–Trinajstić information content (AvgIpc) is 2.05. The van der Waals surface area contributed by atoms with Gasteiger partial charge in [0.05, 0.1) is 0 Å². The molecule has 1 unspecified atom stereocenters. The Hall–Kier alpha value is 0.877. The van der Waals surface area contributed by atoms with Gasteiger partial charge in [-0.25, -0.2) is 0 Å². The average molecular weight is 339 g/mol. The Labute approximate surface area is 111 Å². The zero-order valence-electron chi connectivity index (χ0n) is 9.01. The summed E-state index contributed by atoms with van der Waals surface area (Å²) in [6.07, 6.45) is 2.58. The molecule has 0 rings (SSSR count). The number of hydrogen-bond donors (Lipinski definition) is 1. The third-order valence-corrected chi connectivity index (χ3v) is 2.32. The van der Waals surface area contributed by atoms with Crippen molar-refractivity contribution in [1.82, 2.24) is 0 Å². The van der Waals surface area contributed by atoms with Gasteiger partial charge in [0.25, 0.3) is 0 Å². The van der Waals surface area contributed by atoms with Crippen LogP contribution in [0.15, 0.2) is 4.99 Å². The van der Waals surface area contributed by atoms with E-state index in [4.69, 9.17) is 0 Å². The maximum atomic E-state index is 10.1. The van der Waals surface area contributed by atoms with Gasteiger partial charge >= 0.3 is 0 Å². The summed E-state index contributed by atoms with van der Waals surface area (Å²) in [4.78, 5) is 4.25. The second kappa shape index (κ2) is 8.21. The van der Waals surface area contributed by atoms with Crippen molar-refractivity contribution in [3.8, 4) is 0 Å². The SMILES string of the molecule is CCCC(O)(CC)C(C)=NCC.[Er]. The Morgan fingerprint density at radius 3 is 2.15 bits per heavy atom. The van der Waals surface area contributed by atoms with Gasteiger partial charge in [-0.3, -0.25) is 4.99 Å². The van der Waals surface area contributed by atoms with Crippen LogP contribution in [0.4, 0.5) is 0 Å². The van der Waals surface area contributed by atoms with Crippen molar-refractivity contribution in [1.29, 1.82) is 0 Å². The van der Waals surface area contributed by atoms with Gasteiger partial charge in [-0.05, 0) is 26.7 Å². The Bertz CT molecular complexity index is 159. The fourth-order valence-electron chi connectivity index (χ4n) is 1.41. The number of hydrogen-bond acceptors (Lipinski definition) is 2. The molecule has 0 aliphatic rings. The van der Waals surface area contributed by atoms with Crippen LogP contribution in [0.25, 0.3) is 0 Å². The van der Waals surface area contributed by atoms with E-state index in [0.29, 0.717) is 0 Å². The second-order valence-electron chi connectivity index (χ2n) is 3.19. The molecule has 0 spiro atoms. The van der Waals surface area contributed by atoms with Gasteiger partial charge in [-0.2, -0.15) is 0 Å². The van der Waals surface area contributed by atoms with Crippen molar-refractivity contribution < 1.29 is 42.4 Å². The van der Waals surface area contributed by atoms with Gasteiger partial charge < -0.3 is 5.11 Å². The second-order valence-corrected chi connectivity index (χ2v) is 3.19. The van der Waals surface area contributed by atoms with Crippen LogP contribution in [0, 0.1) is 37.3 Å². The predicted octanol–water partition coefficient (Wildman–Crippen LogP) is 2.41. The molecule has 0 aromatic rings. The van der Waals surface area contributed by atoms with E-state index < -0.39 is 5.60 Å². The summed E-state index contributed by atoms with van der Waals surface area (Å²) in [5.74, 6) is 0. The number of nitrogens with zero attached hydrogens (tertiary/aromatic N) is 1. The topological polar surface area (TPSA) is 32.6 Å². The molecule has 1 atom stereocenters. The molecule has 0 radical (unpaired) electrons. The Morgan fingerprint density at radius 1 is 1.31 bits per heavy atom. The van der Waals surface area contributed by atoms with Gasteiger partial charge in [0.2, 0.25) is 0 Å². The van der Waals surface area contributed by atoms with E-state index in [1.54, 1.807) is 0 Å². The summed E-state index contributed by atoms with van der Waals surface area (Å²) in [6, 6.07) is 0. The fraction of sp³-hybridized carbons (Fsp3) is 0.900. The summed E-state index contributed by atoms with van der Waals surface area (Å²) >= 11 is 0. The van der Waals surface area contributed by atoms with Crippen LogP contribution < -0.4 is 0 Å². The van der Waals surface area contributed by atoms with E-state index in [2.05, 4.69) is 11.9 Å². The van der Waals surface area contributed by atoms with Gasteiger partial charge in [-0.1, -0.05) is 20.3 Å². The quantitative estimate of drug-likeness (QED) is 0.767.